The summed E-state index contributed by atoms with van der Waals surface area (Å²) in [4.78, 5) is 38.0. The zero-order chi connectivity index (χ0) is 18.5. The van der Waals surface area contributed by atoms with Crippen LogP contribution in [-0.2, 0) is 9.53 Å². The van der Waals surface area contributed by atoms with Gasteiger partial charge < -0.3 is 14.9 Å². The van der Waals surface area contributed by atoms with E-state index in [0.717, 1.165) is 0 Å². The number of hydrogen-bond acceptors (Lipinski definition) is 6. The van der Waals surface area contributed by atoms with Gasteiger partial charge in [-0.3, -0.25) is 14.4 Å². The van der Waals surface area contributed by atoms with Gasteiger partial charge in [-0.1, -0.05) is 13.8 Å². The fourth-order valence-electron chi connectivity index (χ4n) is 3.67. The fraction of sp³-hybridized carbons (Fsp3) is 0.526. The number of Topliss-reactive ketones (excluding diaryl/α,β-unsaturated/α-hetero) is 3. The minimum atomic E-state index is -0.849. The molecule has 25 heavy (non-hydrogen) atoms. The number of aromatic hydroxyl groups is 2. The molecule has 0 amide bonds. The van der Waals surface area contributed by atoms with Gasteiger partial charge in [0.25, 0.3) is 0 Å². The van der Waals surface area contributed by atoms with Crippen LogP contribution in [0.2, 0.25) is 0 Å². The van der Waals surface area contributed by atoms with Crippen molar-refractivity contribution < 1.29 is 29.3 Å². The number of ether oxygens (including phenoxy) is 1. The molecule has 6 nitrogen and oxygen atoms in total. The molecule has 2 N–H and O–H groups in total. The highest BCUT2D eigenvalue weighted by Crippen LogP contribution is 2.45. The molecule has 0 heterocycles. The average Bonchev–Trinajstić information content (AvgIpc) is 2.54. The van der Waals surface area contributed by atoms with Crippen LogP contribution in [0.5, 0.6) is 11.5 Å². The van der Waals surface area contributed by atoms with E-state index < -0.39 is 29.5 Å². The third-order valence-electron chi connectivity index (χ3n) is 5.33. The molecule has 134 valence electrons. The molecule has 2 aliphatic rings. The van der Waals surface area contributed by atoms with Gasteiger partial charge in [-0.25, -0.2) is 0 Å². The smallest absolute Gasteiger partial charge is 0.173 e. The number of carbonyl (C=O) groups excluding carboxylic acids is 3. The van der Waals surface area contributed by atoms with Crippen LogP contribution in [0.15, 0.2) is 12.1 Å². The van der Waals surface area contributed by atoms with Crippen molar-refractivity contribution in [2.45, 2.75) is 45.8 Å². The van der Waals surface area contributed by atoms with E-state index in [2.05, 4.69) is 0 Å². The number of carbonyl (C=O) groups is 3. The standard InChI is InChI=1S/C19H22O6/c1-8(2)9(3)25-14-7-10(20)6-11-15(14)19(24)17-13(22)5-4-12(21)16(17)18(11)23/h4-5,8-9,11,14-15,21-22H,6-7H2,1-3H3/t9-,11-,14+,15+/m1/s1. The number of fused-ring (bicyclic) bond motifs is 2. The van der Waals surface area contributed by atoms with Crippen LogP contribution >= 0.6 is 0 Å². The second-order valence-electron chi connectivity index (χ2n) is 7.29. The summed E-state index contributed by atoms with van der Waals surface area (Å²) in [5.74, 6) is -3.22. The van der Waals surface area contributed by atoms with E-state index in [1.165, 1.54) is 12.1 Å². The summed E-state index contributed by atoms with van der Waals surface area (Å²) >= 11 is 0. The molecule has 6 heteroatoms. The molecule has 3 rings (SSSR count). The van der Waals surface area contributed by atoms with E-state index in [9.17, 15) is 24.6 Å². The molecule has 1 aromatic rings. The van der Waals surface area contributed by atoms with Crippen LogP contribution in [0.3, 0.4) is 0 Å². The normalized spacial score (nSPS) is 27.2. The Balaban J connectivity index is 2.07. The Kier molecular flexibility index (Phi) is 4.41. The molecule has 0 aromatic heterocycles. The number of hydrogen-bond donors (Lipinski definition) is 2. The first kappa shape index (κ1) is 17.6. The maximum absolute atomic E-state index is 13.0. The minimum absolute atomic E-state index is 0.0420. The zero-order valence-corrected chi connectivity index (χ0v) is 14.5. The van der Waals surface area contributed by atoms with Crippen LogP contribution < -0.4 is 0 Å². The Morgan fingerprint density at radius 3 is 2.08 bits per heavy atom. The van der Waals surface area contributed by atoms with Crippen molar-refractivity contribution in [3.63, 3.8) is 0 Å². The van der Waals surface area contributed by atoms with E-state index in [4.69, 9.17) is 4.74 Å². The van der Waals surface area contributed by atoms with Gasteiger partial charge in [0.2, 0.25) is 0 Å². The van der Waals surface area contributed by atoms with Gasteiger partial charge in [0, 0.05) is 18.8 Å². The number of phenols is 2. The Labute approximate surface area is 145 Å². The Morgan fingerprint density at radius 2 is 1.52 bits per heavy atom. The number of benzene rings is 1. The third kappa shape index (κ3) is 2.84. The van der Waals surface area contributed by atoms with Gasteiger partial charge in [0.15, 0.2) is 11.6 Å². The first-order valence-corrected chi connectivity index (χ1v) is 8.52. The Morgan fingerprint density at radius 1 is 0.960 bits per heavy atom. The molecule has 1 fully saturated rings. The summed E-state index contributed by atoms with van der Waals surface area (Å²) in [6.45, 7) is 5.81. The van der Waals surface area contributed by atoms with Gasteiger partial charge in [0.1, 0.15) is 17.3 Å². The lowest BCUT2D eigenvalue weighted by Gasteiger charge is -2.40. The number of phenolic OH excluding ortho intramolecular Hbond substituents is 2. The second-order valence-corrected chi connectivity index (χ2v) is 7.29. The molecular weight excluding hydrogens is 324 g/mol. The van der Waals surface area contributed by atoms with Gasteiger partial charge >= 0.3 is 0 Å². The number of rotatable bonds is 3. The van der Waals surface area contributed by atoms with Gasteiger partial charge in [-0.2, -0.15) is 0 Å². The number of ketones is 3. The van der Waals surface area contributed by atoms with Crippen molar-refractivity contribution in [3.8, 4) is 11.5 Å². The Bertz CT molecular complexity index is 751. The highest BCUT2D eigenvalue weighted by atomic mass is 16.5. The molecule has 0 unspecified atom stereocenters. The molecule has 0 saturated heterocycles. The molecule has 0 aliphatic heterocycles. The van der Waals surface area contributed by atoms with E-state index >= 15 is 0 Å². The van der Waals surface area contributed by atoms with Crippen LogP contribution in [0.25, 0.3) is 0 Å². The highest BCUT2D eigenvalue weighted by molar-refractivity contribution is 6.20. The quantitative estimate of drug-likeness (QED) is 0.816. The average molecular weight is 346 g/mol. The maximum Gasteiger partial charge on any atom is 0.173 e. The van der Waals surface area contributed by atoms with Gasteiger partial charge in [-0.15, -0.1) is 0 Å². The SMILES string of the molecule is CC(C)[C@@H](C)O[C@H]1CC(=O)C[C@H]2C(=O)c3c(O)ccc(O)c3C(=O)[C@H]12. The van der Waals surface area contributed by atoms with E-state index in [1.54, 1.807) is 0 Å². The molecule has 1 saturated carbocycles. The van der Waals surface area contributed by atoms with Crippen LogP contribution in [0.1, 0.15) is 54.3 Å². The summed E-state index contributed by atoms with van der Waals surface area (Å²) < 4.78 is 5.96. The molecule has 0 spiro atoms. The summed E-state index contributed by atoms with van der Waals surface area (Å²) in [7, 11) is 0. The highest BCUT2D eigenvalue weighted by Gasteiger charge is 2.51. The summed E-state index contributed by atoms with van der Waals surface area (Å²) in [5.41, 5.74) is -0.344. The summed E-state index contributed by atoms with van der Waals surface area (Å²) in [6.07, 6.45) is -0.847. The molecule has 0 bridgehead atoms. The van der Waals surface area contributed by atoms with Crippen molar-refractivity contribution in [1.29, 1.82) is 0 Å². The van der Waals surface area contributed by atoms with Crippen molar-refractivity contribution >= 4 is 17.3 Å². The lowest BCUT2D eigenvalue weighted by molar-refractivity contribution is -0.132. The zero-order valence-electron chi connectivity index (χ0n) is 14.5. The third-order valence-corrected chi connectivity index (χ3v) is 5.33. The van der Waals surface area contributed by atoms with Crippen LogP contribution in [0.4, 0.5) is 0 Å². The largest absolute Gasteiger partial charge is 0.507 e. The van der Waals surface area contributed by atoms with Gasteiger partial charge in [0.05, 0.1) is 29.3 Å². The molecule has 0 radical (unpaired) electrons. The first-order valence-electron chi connectivity index (χ1n) is 8.52. The lowest BCUT2D eigenvalue weighted by Crippen LogP contribution is -2.50. The van der Waals surface area contributed by atoms with E-state index in [0.29, 0.717) is 0 Å². The summed E-state index contributed by atoms with van der Waals surface area (Å²) in [6, 6.07) is 2.37. The lowest BCUT2D eigenvalue weighted by atomic mass is 9.65. The molecule has 1 aromatic carbocycles. The second kappa shape index (κ2) is 6.26. The van der Waals surface area contributed by atoms with Crippen LogP contribution in [0, 0.1) is 17.8 Å². The summed E-state index contributed by atoms with van der Waals surface area (Å²) in [5, 5.41) is 20.1. The van der Waals surface area contributed by atoms with Crippen molar-refractivity contribution in [1.82, 2.24) is 0 Å². The maximum atomic E-state index is 13.0. The Hall–Kier alpha value is -2.21. The van der Waals surface area contributed by atoms with Crippen molar-refractivity contribution in [2.24, 2.45) is 17.8 Å². The molecule has 4 atom stereocenters. The predicted molar refractivity (Wildman–Crippen MR) is 88.8 cm³/mol. The topological polar surface area (TPSA) is 101 Å². The monoisotopic (exact) mass is 346 g/mol. The van der Waals surface area contributed by atoms with E-state index in [1.807, 2.05) is 20.8 Å². The minimum Gasteiger partial charge on any atom is -0.507 e. The molecular formula is C19H22O6. The predicted octanol–water partition coefficient (Wildman–Crippen LogP) is 2.50. The van der Waals surface area contributed by atoms with E-state index in [-0.39, 0.29) is 53.3 Å². The van der Waals surface area contributed by atoms with Crippen molar-refractivity contribution in [2.75, 3.05) is 0 Å². The first-order chi connectivity index (χ1) is 11.7. The van der Waals surface area contributed by atoms with Crippen LogP contribution in [-0.4, -0.2) is 39.8 Å². The van der Waals surface area contributed by atoms with Gasteiger partial charge in [-0.05, 0) is 25.0 Å². The fourth-order valence-corrected chi connectivity index (χ4v) is 3.67. The van der Waals surface area contributed by atoms with Crippen molar-refractivity contribution in [3.05, 3.63) is 23.3 Å². The molecule has 2 aliphatic carbocycles.